The number of hydrogen-bond acceptors (Lipinski definition) is 5. The van der Waals surface area contributed by atoms with Gasteiger partial charge in [-0.1, -0.05) is 42.0 Å². The Hall–Kier alpha value is -4.06. The van der Waals surface area contributed by atoms with Gasteiger partial charge in [-0.3, -0.25) is 14.5 Å². The predicted octanol–water partition coefficient (Wildman–Crippen LogP) is 4.64. The number of aliphatic hydroxyl groups is 1. The third-order valence-corrected chi connectivity index (χ3v) is 5.63. The third kappa shape index (κ3) is 3.50. The maximum atomic E-state index is 13.2. The van der Waals surface area contributed by atoms with Gasteiger partial charge in [-0.15, -0.1) is 0 Å². The second-order valence-electron chi connectivity index (χ2n) is 7.75. The van der Waals surface area contributed by atoms with Gasteiger partial charge in [0.25, 0.3) is 11.7 Å². The van der Waals surface area contributed by atoms with E-state index in [-0.39, 0.29) is 22.8 Å². The Morgan fingerprint density at radius 3 is 2.38 bits per heavy atom. The second kappa shape index (κ2) is 8.23. The lowest BCUT2D eigenvalue weighted by Gasteiger charge is -2.26. The molecule has 6 nitrogen and oxygen atoms in total. The van der Waals surface area contributed by atoms with Crippen molar-refractivity contribution < 1.29 is 24.5 Å². The van der Waals surface area contributed by atoms with Crippen LogP contribution in [0.15, 0.2) is 72.3 Å². The molecule has 0 saturated carbocycles. The Bertz CT molecular complexity index is 1260. The molecule has 2 N–H and O–H groups in total. The van der Waals surface area contributed by atoms with Crippen molar-refractivity contribution in [3.8, 4) is 11.5 Å². The number of aryl methyl sites for hydroxylation is 2. The topological polar surface area (TPSA) is 87.1 Å². The summed E-state index contributed by atoms with van der Waals surface area (Å²) in [4.78, 5) is 27.6. The molecular weight excluding hydrogens is 406 g/mol. The highest BCUT2D eigenvalue weighted by atomic mass is 16.5. The van der Waals surface area contributed by atoms with Gasteiger partial charge in [0.15, 0.2) is 0 Å². The molecular formula is C26H23NO5. The van der Waals surface area contributed by atoms with Gasteiger partial charge in [0.05, 0.1) is 24.4 Å². The van der Waals surface area contributed by atoms with E-state index in [2.05, 4.69) is 0 Å². The highest BCUT2D eigenvalue weighted by Crippen LogP contribution is 2.45. The number of para-hydroxylation sites is 2. The Morgan fingerprint density at radius 1 is 0.969 bits per heavy atom. The normalized spacial score (nSPS) is 17.6. The van der Waals surface area contributed by atoms with E-state index in [1.165, 1.54) is 11.0 Å². The first-order valence-electron chi connectivity index (χ1n) is 10.1. The minimum absolute atomic E-state index is 0.0304. The molecule has 162 valence electrons. The van der Waals surface area contributed by atoms with Gasteiger partial charge in [0.1, 0.15) is 17.3 Å². The smallest absolute Gasteiger partial charge is 0.300 e. The van der Waals surface area contributed by atoms with E-state index in [9.17, 15) is 19.8 Å². The highest BCUT2D eigenvalue weighted by molar-refractivity contribution is 6.52. The molecule has 1 aliphatic heterocycles. The van der Waals surface area contributed by atoms with Crippen LogP contribution in [0.1, 0.15) is 28.3 Å². The first kappa shape index (κ1) is 21.2. The quantitative estimate of drug-likeness (QED) is 0.358. The number of aromatic hydroxyl groups is 1. The Kier molecular flexibility index (Phi) is 5.45. The fraction of sp³-hybridized carbons (Fsp3) is 0.154. The molecule has 1 fully saturated rings. The molecule has 0 aromatic heterocycles. The minimum Gasteiger partial charge on any atom is -0.507 e. The lowest BCUT2D eigenvalue weighted by molar-refractivity contribution is -0.132. The van der Waals surface area contributed by atoms with Crippen LogP contribution in [-0.2, 0) is 9.59 Å². The maximum Gasteiger partial charge on any atom is 0.300 e. The lowest BCUT2D eigenvalue weighted by atomic mass is 9.93. The van der Waals surface area contributed by atoms with Crippen molar-refractivity contribution in [2.45, 2.75) is 19.9 Å². The van der Waals surface area contributed by atoms with E-state index in [1.54, 1.807) is 56.5 Å². The second-order valence-corrected chi connectivity index (χ2v) is 7.75. The summed E-state index contributed by atoms with van der Waals surface area (Å²) in [5.41, 5.74) is 2.88. The highest BCUT2D eigenvalue weighted by Gasteiger charge is 2.47. The number of carbonyl (C=O) groups excluding carboxylic acids is 2. The number of methoxy groups -OCH3 is 1. The van der Waals surface area contributed by atoms with Gasteiger partial charge in [-0.25, -0.2) is 0 Å². The maximum absolute atomic E-state index is 13.2. The number of anilines is 1. The molecule has 4 rings (SSSR count). The number of rotatable bonds is 4. The van der Waals surface area contributed by atoms with E-state index < -0.39 is 17.7 Å². The molecule has 1 aliphatic rings. The molecule has 0 radical (unpaired) electrons. The van der Waals surface area contributed by atoms with Gasteiger partial charge < -0.3 is 14.9 Å². The van der Waals surface area contributed by atoms with E-state index in [1.807, 2.05) is 25.1 Å². The average molecular weight is 429 g/mol. The number of phenolic OH excluding ortho intramolecular Hbond substituents is 1. The van der Waals surface area contributed by atoms with Crippen LogP contribution in [0.3, 0.4) is 0 Å². The van der Waals surface area contributed by atoms with Crippen LogP contribution in [0, 0.1) is 13.8 Å². The van der Waals surface area contributed by atoms with Crippen molar-refractivity contribution in [2.75, 3.05) is 12.0 Å². The molecule has 1 amide bonds. The van der Waals surface area contributed by atoms with Gasteiger partial charge in [0, 0.05) is 5.56 Å². The summed E-state index contributed by atoms with van der Waals surface area (Å²) < 4.78 is 5.23. The van der Waals surface area contributed by atoms with Crippen LogP contribution >= 0.6 is 0 Å². The zero-order valence-corrected chi connectivity index (χ0v) is 18.0. The fourth-order valence-corrected chi connectivity index (χ4v) is 4.08. The molecule has 0 spiro atoms. The van der Waals surface area contributed by atoms with Gasteiger partial charge in [-0.05, 0) is 55.3 Å². The van der Waals surface area contributed by atoms with Crippen LogP contribution < -0.4 is 9.64 Å². The van der Waals surface area contributed by atoms with Gasteiger partial charge >= 0.3 is 0 Å². The minimum atomic E-state index is -0.898. The number of nitrogens with zero attached hydrogens (tertiary/aromatic N) is 1. The van der Waals surface area contributed by atoms with Crippen molar-refractivity contribution in [3.63, 3.8) is 0 Å². The number of hydrogen-bond donors (Lipinski definition) is 2. The number of ketones is 1. The van der Waals surface area contributed by atoms with E-state index in [0.717, 1.165) is 5.56 Å². The Labute approximate surface area is 186 Å². The summed E-state index contributed by atoms with van der Waals surface area (Å²) >= 11 is 0. The molecule has 1 saturated heterocycles. The van der Waals surface area contributed by atoms with E-state index >= 15 is 0 Å². The van der Waals surface area contributed by atoms with Crippen molar-refractivity contribution in [3.05, 3.63) is 94.6 Å². The van der Waals surface area contributed by atoms with Crippen LogP contribution in [0.2, 0.25) is 0 Å². The van der Waals surface area contributed by atoms with Crippen LogP contribution in [0.4, 0.5) is 5.69 Å². The standard InChI is InChI=1S/C26H23NO5/c1-15-7-6-8-17(13-15)23-22(24(29)19-12-11-18(32-3)14-16(19)2)25(30)26(31)27(23)20-9-4-5-10-21(20)28/h4-14,23,28-29H,1-3H3/b24-22-. The summed E-state index contributed by atoms with van der Waals surface area (Å²) in [7, 11) is 1.55. The zero-order chi connectivity index (χ0) is 23.0. The average Bonchev–Trinajstić information content (AvgIpc) is 3.04. The van der Waals surface area contributed by atoms with Crippen molar-refractivity contribution in [1.29, 1.82) is 0 Å². The number of aliphatic hydroxyl groups excluding tert-OH is 1. The van der Waals surface area contributed by atoms with E-state index in [4.69, 9.17) is 4.74 Å². The van der Waals surface area contributed by atoms with E-state index in [0.29, 0.717) is 22.4 Å². The van der Waals surface area contributed by atoms with Gasteiger partial charge in [-0.2, -0.15) is 0 Å². The Morgan fingerprint density at radius 2 is 1.72 bits per heavy atom. The summed E-state index contributed by atoms with van der Waals surface area (Å²) in [6.07, 6.45) is 0. The largest absolute Gasteiger partial charge is 0.507 e. The molecule has 1 atom stereocenters. The molecule has 3 aromatic carbocycles. The monoisotopic (exact) mass is 429 g/mol. The number of benzene rings is 3. The zero-order valence-electron chi connectivity index (χ0n) is 18.0. The molecule has 1 heterocycles. The van der Waals surface area contributed by atoms with Crippen LogP contribution in [0.25, 0.3) is 5.76 Å². The summed E-state index contributed by atoms with van der Waals surface area (Å²) in [5, 5.41) is 21.7. The first-order chi connectivity index (χ1) is 15.3. The lowest BCUT2D eigenvalue weighted by Crippen LogP contribution is -2.29. The SMILES string of the molecule is COc1ccc(/C(O)=C2/C(=O)C(=O)N(c3ccccc3O)C2c2cccc(C)c2)c(C)c1. The third-order valence-electron chi connectivity index (χ3n) is 5.63. The molecule has 0 aliphatic carbocycles. The van der Waals surface area contributed by atoms with Crippen LogP contribution in [-0.4, -0.2) is 29.0 Å². The van der Waals surface area contributed by atoms with Crippen molar-refractivity contribution >= 4 is 23.1 Å². The van der Waals surface area contributed by atoms with Crippen LogP contribution in [0.5, 0.6) is 11.5 Å². The number of ether oxygens (including phenoxy) is 1. The Balaban J connectivity index is 1.98. The number of phenols is 1. The summed E-state index contributed by atoms with van der Waals surface area (Å²) in [6, 6.07) is 17.9. The number of Topliss-reactive ketones (excluding diaryl/α,β-unsaturated/α-hetero) is 1. The van der Waals surface area contributed by atoms with Crippen molar-refractivity contribution in [2.24, 2.45) is 0 Å². The molecule has 0 bridgehead atoms. The van der Waals surface area contributed by atoms with Crippen molar-refractivity contribution in [1.82, 2.24) is 0 Å². The fourth-order valence-electron chi connectivity index (χ4n) is 4.08. The summed E-state index contributed by atoms with van der Waals surface area (Å²) in [6.45, 7) is 3.70. The molecule has 1 unspecified atom stereocenters. The number of amides is 1. The first-order valence-corrected chi connectivity index (χ1v) is 10.1. The molecule has 3 aromatic rings. The molecule has 32 heavy (non-hydrogen) atoms. The summed E-state index contributed by atoms with van der Waals surface area (Å²) in [5.74, 6) is -1.41. The molecule has 6 heteroatoms. The predicted molar refractivity (Wildman–Crippen MR) is 122 cm³/mol. The number of carbonyl (C=O) groups is 2. The van der Waals surface area contributed by atoms with Gasteiger partial charge in [0.2, 0.25) is 0 Å².